The number of nitrogens with one attached hydrogen (secondary N) is 1. The summed E-state index contributed by atoms with van der Waals surface area (Å²) >= 11 is 0. The van der Waals surface area contributed by atoms with Gasteiger partial charge < -0.3 is 5.32 Å². The van der Waals surface area contributed by atoms with Crippen LogP contribution in [0.3, 0.4) is 0 Å². The third-order valence-corrected chi connectivity index (χ3v) is 2.90. The Hall–Kier alpha value is -1.31. The highest BCUT2D eigenvalue weighted by Crippen LogP contribution is 2.13. The Bertz CT molecular complexity index is 347. The molecular weight excluding hydrogens is 210 g/mol. The van der Waals surface area contributed by atoms with Gasteiger partial charge >= 0.3 is 0 Å². The van der Waals surface area contributed by atoms with Gasteiger partial charge in [-0.05, 0) is 31.4 Å². The number of aryl methyl sites for hydroxylation is 1. The highest BCUT2D eigenvalue weighted by molar-refractivity contribution is 5.95. The molecule has 1 aromatic rings. The van der Waals surface area contributed by atoms with E-state index in [-0.39, 0.29) is 5.91 Å². The maximum Gasteiger partial charge on any atom is 0.251 e. The van der Waals surface area contributed by atoms with Gasteiger partial charge in [0.25, 0.3) is 5.91 Å². The van der Waals surface area contributed by atoms with Crippen LogP contribution in [0.2, 0.25) is 0 Å². The number of carbonyl (C=O) groups excluding carboxylic acids is 1. The van der Waals surface area contributed by atoms with Crippen LogP contribution in [0.1, 0.15) is 55.5 Å². The molecule has 0 fully saturated rings. The molecule has 0 bridgehead atoms. The Balaban J connectivity index is 2.61. The van der Waals surface area contributed by atoms with Crippen molar-refractivity contribution in [3.63, 3.8) is 0 Å². The average Bonchev–Trinajstić information content (AvgIpc) is 2.35. The maximum absolute atomic E-state index is 11.8. The standard InChI is InChI=1S/C15H23NO/c1-3-5-6-7-10-13-11-8-9-12-14(13)15(17)16-4-2/h8-9,11-12H,3-7,10H2,1-2H3,(H,16,17). The first-order valence-electron chi connectivity index (χ1n) is 6.65. The fourth-order valence-electron chi connectivity index (χ4n) is 1.96. The number of carbonyl (C=O) groups is 1. The Labute approximate surface area is 104 Å². The smallest absolute Gasteiger partial charge is 0.251 e. The Morgan fingerprint density at radius 2 is 1.88 bits per heavy atom. The second-order valence-electron chi connectivity index (χ2n) is 4.33. The molecule has 1 N–H and O–H groups in total. The Morgan fingerprint density at radius 1 is 1.12 bits per heavy atom. The molecule has 2 nitrogen and oxygen atoms in total. The van der Waals surface area contributed by atoms with Crippen molar-refractivity contribution in [1.29, 1.82) is 0 Å². The molecule has 1 amide bonds. The van der Waals surface area contributed by atoms with Crippen LogP contribution in [-0.4, -0.2) is 12.5 Å². The molecule has 2 heteroatoms. The van der Waals surface area contributed by atoms with E-state index in [0.29, 0.717) is 6.54 Å². The molecule has 0 aromatic heterocycles. The molecule has 0 aliphatic carbocycles. The quantitative estimate of drug-likeness (QED) is 0.717. The lowest BCUT2D eigenvalue weighted by atomic mass is 10.0. The molecule has 0 aliphatic rings. The third-order valence-electron chi connectivity index (χ3n) is 2.90. The lowest BCUT2D eigenvalue weighted by molar-refractivity contribution is 0.0955. The summed E-state index contributed by atoms with van der Waals surface area (Å²) in [7, 11) is 0. The zero-order valence-electron chi connectivity index (χ0n) is 11.0. The number of benzene rings is 1. The molecule has 0 radical (unpaired) electrons. The van der Waals surface area contributed by atoms with Crippen LogP contribution in [-0.2, 0) is 6.42 Å². The van der Waals surface area contributed by atoms with Gasteiger partial charge in [-0.1, -0.05) is 44.4 Å². The molecule has 0 atom stereocenters. The molecule has 0 aliphatic heterocycles. The lowest BCUT2D eigenvalue weighted by Crippen LogP contribution is -2.23. The number of rotatable bonds is 7. The van der Waals surface area contributed by atoms with Gasteiger partial charge in [0.1, 0.15) is 0 Å². The second-order valence-corrected chi connectivity index (χ2v) is 4.33. The van der Waals surface area contributed by atoms with Crippen molar-refractivity contribution in [2.75, 3.05) is 6.54 Å². The van der Waals surface area contributed by atoms with Crippen LogP contribution in [0.4, 0.5) is 0 Å². The lowest BCUT2D eigenvalue weighted by Gasteiger charge is -2.08. The number of hydrogen-bond donors (Lipinski definition) is 1. The molecule has 0 heterocycles. The van der Waals surface area contributed by atoms with Crippen molar-refractivity contribution in [3.8, 4) is 0 Å². The summed E-state index contributed by atoms with van der Waals surface area (Å²) in [4.78, 5) is 11.8. The van der Waals surface area contributed by atoms with E-state index in [1.807, 2.05) is 25.1 Å². The van der Waals surface area contributed by atoms with Crippen LogP contribution >= 0.6 is 0 Å². The fraction of sp³-hybridized carbons (Fsp3) is 0.533. The fourth-order valence-corrected chi connectivity index (χ4v) is 1.96. The minimum atomic E-state index is 0.0543. The number of hydrogen-bond acceptors (Lipinski definition) is 1. The van der Waals surface area contributed by atoms with Crippen LogP contribution in [0, 0.1) is 0 Å². The first-order chi connectivity index (χ1) is 8.29. The van der Waals surface area contributed by atoms with Crippen molar-refractivity contribution in [3.05, 3.63) is 35.4 Å². The van der Waals surface area contributed by atoms with Crippen LogP contribution in [0.15, 0.2) is 24.3 Å². The minimum Gasteiger partial charge on any atom is -0.352 e. The Kier molecular flexibility index (Phi) is 6.38. The van der Waals surface area contributed by atoms with E-state index in [4.69, 9.17) is 0 Å². The van der Waals surface area contributed by atoms with E-state index in [0.717, 1.165) is 12.0 Å². The maximum atomic E-state index is 11.8. The molecule has 94 valence electrons. The van der Waals surface area contributed by atoms with E-state index in [1.165, 1.54) is 31.2 Å². The Morgan fingerprint density at radius 3 is 2.59 bits per heavy atom. The van der Waals surface area contributed by atoms with Gasteiger partial charge in [0, 0.05) is 12.1 Å². The summed E-state index contributed by atoms with van der Waals surface area (Å²) in [6, 6.07) is 7.93. The zero-order chi connectivity index (χ0) is 12.5. The summed E-state index contributed by atoms with van der Waals surface area (Å²) in [5.41, 5.74) is 2.01. The third kappa shape index (κ3) is 4.59. The normalized spacial score (nSPS) is 10.2. The van der Waals surface area contributed by atoms with Crippen LogP contribution < -0.4 is 5.32 Å². The molecular formula is C15H23NO. The average molecular weight is 233 g/mol. The molecule has 0 saturated carbocycles. The molecule has 0 unspecified atom stereocenters. The van der Waals surface area contributed by atoms with Gasteiger partial charge in [0.2, 0.25) is 0 Å². The first-order valence-corrected chi connectivity index (χ1v) is 6.65. The predicted molar refractivity (Wildman–Crippen MR) is 72.3 cm³/mol. The van der Waals surface area contributed by atoms with Gasteiger partial charge in [-0.3, -0.25) is 4.79 Å². The minimum absolute atomic E-state index is 0.0543. The van der Waals surface area contributed by atoms with Crippen molar-refractivity contribution in [2.24, 2.45) is 0 Å². The largest absolute Gasteiger partial charge is 0.352 e. The summed E-state index contributed by atoms with van der Waals surface area (Å²) in [5, 5.41) is 2.86. The van der Waals surface area contributed by atoms with E-state index in [2.05, 4.69) is 18.3 Å². The number of amides is 1. The van der Waals surface area contributed by atoms with E-state index < -0.39 is 0 Å². The van der Waals surface area contributed by atoms with E-state index >= 15 is 0 Å². The molecule has 17 heavy (non-hydrogen) atoms. The monoisotopic (exact) mass is 233 g/mol. The highest BCUT2D eigenvalue weighted by atomic mass is 16.1. The molecule has 0 spiro atoms. The van der Waals surface area contributed by atoms with Crippen molar-refractivity contribution in [2.45, 2.75) is 46.0 Å². The molecule has 0 saturated heterocycles. The van der Waals surface area contributed by atoms with Gasteiger partial charge in [-0.2, -0.15) is 0 Å². The van der Waals surface area contributed by atoms with Gasteiger partial charge in [0.05, 0.1) is 0 Å². The summed E-state index contributed by atoms with van der Waals surface area (Å²) in [5.74, 6) is 0.0543. The summed E-state index contributed by atoms with van der Waals surface area (Å²) < 4.78 is 0. The predicted octanol–water partition coefficient (Wildman–Crippen LogP) is 3.56. The number of unbranched alkanes of at least 4 members (excludes halogenated alkanes) is 3. The van der Waals surface area contributed by atoms with Crippen molar-refractivity contribution < 1.29 is 4.79 Å². The summed E-state index contributed by atoms with van der Waals surface area (Å²) in [6.45, 7) is 4.84. The zero-order valence-corrected chi connectivity index (χ0v) is 11.0. The van der Waals surface area contributed by atoms with Gasteiger partial charge in [0.15, 0.2) is 0 Å². The van der Waals surface area contributed by atoms with Crippen molar-refractivity contribution >= 4 is 5.91 Å². The van der Waals surface area contributed by atoms with E-state index in [9.17, 15) is 4.79 Å². The highest BCUT2D eigenvalue weighted by Gasteiger charge is 2.08. The topological polar surface area (TPSA) is 29.1 Å². The van der Waals surface area contributed by atoms with Crippen molar-refractivity contribution in [1.82, 2.24) is 5.32 Å². The second kappa shape index (κ2) is 7.88. The molecule has 1 aromatic carbocycles. The first kappa shape index (κ1) is 13.8. The van der Waals surface area contributed by atoms with Crippen LogP contribution in [0.25, 0.3) is 0 Å². The SMILES string of the molecule is CCCCCCc1ccccc1C(=O)NCC. The van der Waals surface area contributed by atoms with Crippen LogP contribution in [0.5, 0.6) is 0 Å². The summed E-state index contributed by atoms with van der Waals surface area (Å²) in [6.07, 6.45) is 5.96. The van der Waals surface area contributed by atoms with Gasteiger partial charge in [-0.15, -0.1) is 0 Å². The molecule has 1 rings (SSSR count). The van der Waals surface area contributed by atoms with E-state index in [1.54, 1.807) is 0 Å². The van der Waals surface area contributed by atoms with Gasteiger partial charge in [-0.25, -0.2) is 0 Å².